The molecule has 0 heterocycles. The molecule has 2 rings (SSSR count). The highest BCUT2D eigenvalue weighted by Crippen LogP contribution is 2.30. The van der Waals surface area contributed by atoms with E-state index in [1.165, 1.54) is 20.0 Å². The molecule has 1 aromatic carbocycles. The van der Waals surface area contributed by atoms with Crippen molar-refractivity contribution in [2.75, 3.05) is 7.11 Å². The molecule has 5 heteroatoms. The number of ether oxygens (including phenoxy) is 1. The summed E-state index contributed by atoms with van der Waals surface area (Å²) in [4.78, 5) is 24.7. The number of methoxy groups -OCH3 is 1. The molecule has 0 spiro atoms. The number of benzene rings is 1. The van der Waals surface area contributed by atoms with Crippen LogP contribution in [-0.4, -0.2) is 19.0 Å². The van der Waals surface area contributed by atoms with Crippen LogP contribution < -0.4 is 5.32 Å². The summed E-state index contributed by atoms with van der Waals surface area (Å²) in [5.41, 5.74) is 0.951. The Bertz CT molecular complexity index is 522. The molecule has 0 saturated heterocycles. The smallest absolute Gasteiger partial charge is 0.318 e. The average Bonchev–Trinajstić information content (AvgIpc) is 2.83. The van der Waals surface area contributed by atoms with E-state index in [0.717, 1.165) is 31.2 Å². The standard InChI is InChI=1S/C18H24ClNO3/c1-23-18(22)16(14-6-4-2-3-5-7-14)17(21)20-12-13-8-10-15(19)11-9-13/h8-11,14,16H,2-7,12H2,1H3,(H,20,21)/t16-/m0/s1. The van der Waals surface area contributed by atoms with Gasteiger partial charge >= 0.3 is 5.97 Å². The van der Waals surface area contributed by atoms with E-state index in [1.807, 2.05) is 12.1 Å². The Labute approximate surface area is 142 Å². The number of halogens is 1. The first kappa shape index (κ1) is 17.8. The molecule has 0 bridgehead atoms. The lowest BCUT2D eigenvalue weighted by Crippen LogP contribution is -2.40. The van der Waals surface area contributed by atoms with Gasteiger partial charge in [-0.15, -0.1) is 0 Å². The van der Waals surface area contributed by atoms with E-state index < -0.39 is 11.9 Å². The third-order valence-electron chi connectivity index (χ3n) is 4.49. The Morgan fingerprint density at radius 1 is 1.17 bits per heavy atom. The van der Waals surface area contributed by atoms with Crippen molar-refractivity contribution in [2.45, 2.75) is 45.1 Å². The van der Waals surface area contributed by atoms with Crippen LogP contribution in [-0.2, 0) is 20.9 Å². The molecule has 1 aliphatic carbocycles. The molecule has 1 atom stereocenters. The summed E-state index contributed by atoms with van der Waals surface area (Å²) in [6.07, 6.45) is 6.32. The third-order valence-corrected chi connectivity index (χ3v) is 4.74. The Morgan fingerprint density at radius 3 is 2.35 bits per heavy atom. The fraction of sp³-hybridized carbons (Fsp3) is 0.556. The monoisotopic (exact) mass is 337 g/mol. The predicted molar refractivity (Wildman–Crippen MR) is 90.0 cm³/mol. The van der Waals surface area contributed by atoms with Gasteiger partial charge in [-0.25, -0.2) is 0 Å². The molecular weight excluding hydrogens is 314 g/mol. The summed E-state index contributed by atoms with van der Waals surface area (Å²) in [6.45, 7) is 0.385. The summed E-state index contributed by atoms with van der Waals surface area (Å²) >= 11 is 5.85. The van der Waals surface area contributed by atoms with E-state index in [0.29, 0.717) is 11.6 Å². The maximum Gasteiger partial charge on any atom is 0.318 e. The van der Waals surface area contributed by atoms with Crippen LogP contribution in [0.15, 0.2) is 24.3 Å². The highest BCUT2D eigenvalue weighted by molar-refractivity contribution is 6.30. The molecule has 0 radical (unpaired) electrons. The van der Waals surface area contributed by atoms with Gasteiger partial charge in [0, 0.05) is 11.6 Å². The minimum atomic E-state index is -0.703. The predicted octanol–water partition coefficient (Wildman–Crippen LogP) is 3.72. The van der Waals surface area contributed by atoms with Crippen LogP contribution >= 0.6 is 11.6 Å². The number of carbonyl (C=O) groups is 2. The molecule has 1 amide bonds. The second-order valence-corrected chi connectivity index (χ2v) is 6.53. The summed E-state index contributed by atoms with van der Waals surface area (Å²) < 4.78 is 4.88. The lowest BCUT2D eigenvalue weighted by atomic mass is 9.85. The number of esters is 1. The second-order valence-electron chi connectivity index (χ2n) is 6.10. The van der Waals surface area contributed by atoms with Gasteiger partial charge in [-0.1, -0.05) is 49.4 Å². The van der Waals surface area contributed by atoms with E-state index in [-0.39, 0.29) is 11.8 Å². The molecule has 0 unspecified atom stereocenters. The van der Waals surface area contributed by atoms with Crippen LogP contribution in [0.1, 0.15) is 44.1 Å². The fourth-order valence-corrected chi connectivity index (χ4v) is 3.31. The van der Waals surface area contributed by atoms with E-state index >= 15 is 0 Å². The Balaban J connectivity index is 2.00. The topological polar surface area (TPSA) is 55.4 Å². The SMILES string of the molecule is COC(=O)[C@H](C(=O)NCc1ccc(Cl)cc1)C1CCCCCC1. The second kappa shape index (κ2) is 8.92. The van der Waals surface area contributed by atoms with E-state index in [1.54, 1.807) is 12.1 Å². The largest absolute Gasteiger partial charge is 0.468 e. The van der Waals surface area contributed by atoms with Crippen LogP contribution in [0.25, 0.3) is 0 Å². The summed E-state index contributed by atoms with van der Waals surface area (Å²) in [7, 11) is 1.35. The summed E-state index contributed by atoms with van der Waals surface area (Å²) in [5.74, 6) is -1.29. The lowest BCUT2D eigenvalue weighted by Gasteiger charge is -2.23. The van der Waals surface area contributed by atoms with Gasteiger partial charge in [0.2, 0.25) is 5.91 Å². The van der Waals surface area contributed by atoms with Crippen molar-refractivity contribution in [2.24, 2.45) is 11.8 Å². The number of carbonyl (C=O) groups excluding carboxylic acids is 2. The molecule has 126 valence electrons. The minimum absolute atomic E-state index is 0.0789. The molecule has 1 saturated carbocycles. The van der Waals surface area contributed by atoms with Crippen molar-refractivity contribution in [3.63, 3.8) is 0 Å². The van der Waals surface area contributed by atoms with Crippen LogP contribution in [0.2, 0.25) is 5.02 Å². The number of hydrogen-bond acceptors (Lipinski definition) is 3. The van der Waals surface area contributed by atoms with Gasteiger partial charge in [0.15, 0.2) is 0 Å². The summed E-state index contributed by atoms with van der Waals surface area (Å²) in [6, 6.07) is 7.29. The minimum Gasteiger partial charge on any atom is -0.468 e. The Hall–Kier alpha value is -1.55. The third kappa shape index (κ3) is 5.24. The molecular formula is C18H24ClNO3. The van der Waals surface area contributed by atoms with Crippen molar-refractivity contribution in [3.8, 4) is 0 Å². The van der Waals surface area contributed by atoms with Gasteiger partial charge in [-0.2, -0.15) is 0 Å². The van der Waals surface area contributed by atoms with Crippen LogP contribution in [0.4, 0.5) is 0 Å². The van der Waals surface area contributed by atoms with Gasteiger partial charge in [0.25, 0.3) is 0 Å². The van der Waals surface area contributed by atoms with Gasteiger partial charge in [-0.05, 0) is 36.5 Å². The van der Waals surface area contributed by atoms with E-state index in [2.05, 4.69) is 5.32 Å². The maximum absolute atomic E-state index is 12.6. The van der Waals surface area contributed by atoms with Gasteiger partial charge in [-0.3, -0.25) is 9.59 Å². The van der Waals surface area contributed by atoms with Gasteiger partial charge < -0.3 is 10.1 Å². The zero-order chi connectivity index (χ0) is 16.7. The fourth-order valence-electron chi connectivity index (χ4n) is 3.19. The van der Waals surface area contributed by atoms with Crippen molar-refractivity contribution in [3.05, 3.63) is 34.9 Å². The molecule has 1 aliphatic rings. The van der Waals surface area contributed by atoms with Gasteiger partial charge in [0.05, 0.1) is 7.11 Å². The van der Waals surface area contributed by atoms with Crippen molar-refractivity contribution in [1.29, 1.82) is 0 Å². The highest BCUT2D eigenvalue weighted by atomic mass is 35.5. The van der Waals surface area contributed by atoms with Crippen LogP contribution in [0.5, 0.6) is 0 Å². The zero-order valence-electron chi connectivity index (χ0n) is 13.5. The molecule has 0 aliphatic heterocycles. The van der Waals surface area contributed by atoms with E-state index in [4.69, 9.17) is 16.3 Å². The van der Waals surface area contributed by atoms with Crippen LogP contribution in [0, 0.1) is 11.8 Å². The molecule has 1 fully saturated rings. The Kier molecular flexibility index (Phi) is 6.90. The van der Waals surface area contributed by atoms with E-state index in [9.17, 15) is 9.59 Å². The van der Waals surface area contributed by atoms with Gasteiger partial charge in [0.1, 0.15) is 5.92 Å². The molecule has 4 nitrogen and oxygen atoms in total. The highest BCUT2D eigenvalue weighted by Gasteiger charge is 2.35. The zero-order valence-corrected chi connectivity index (χ0v) is 14.3. The molecule has 1 aromatic rings. The van der Waals surface area contributed by atoms with Crippen molar-refractivity contribution >= 4 is 23.5 Å². The normalized spacial score (nSPS) is 17.1. The maximum atomic E-state index is 12.6. The Morgan fingerprint density at radius 2 is 1.78 bits per heavy atom. The number of amides is 1. The molecule has 1 N–H and O–H groups in total. The molecule has 23 heavy (non-hydrogen) atoms. The first-order valence-corrected chi connectivity index (χ1v) is 8.59. The quantitative estimate of drug-likeness (QED) is 0.506. The first-order valence-electron chi connectivity index (χ1n) is 8.22. The summed E-state index contributed by atoms with van der Waals surface area (Å²) in [5, 5.41) is 3.53. The van der Waals surface area contributed by atoms with Crippen molar-refractivity contribution < 1.29 is 14.3 Å². The average molecular weight is 338 g/mol. The number of hydrogen-bond donors (Lipinski definition) is 1. The first-order chi connectivity index (χ1) is 11.1. The number of rotatable bonds is 5. The van der Waals surface area contributed by atoms with Crippen molar-refractivity contribution in [1.82, 2.24) is 5.32 Å². The van der Waals surface area contributed by atoms with Crippen LogP contribution in [0.3, 0.4) is 0 Å². The number of nitrogens with one attached hydrogen (secondary N) is 1. The molecule has 0 aromatic heterocycles. The lowest BCUT2D eigenvalue weighted by molar-refractivity contribution is -0.152.